The Morgan fingerprint density at radius 1 is 0.625 bits per heavy atom. The average molecular weight is 302 g/mol. The van der Waals surface area contributed by atoms with Gasteiger partial charge in [-0.2, -0.15) is 10.5 Å². The molecular weight excluding hydrogens is 292 g/mol. The summed E-state index contributed by atoms with van der Waals surface area (Å²) in [7, 11) is 0. The van der Waals surface area contributed by atoms with Crippen LogP contribution < -0.4 is 0 Å². The molecule has 0 N–H and O–H groups in total. The Morgan fingerprint density at radius 3 is 1.58 bits per heavy atom. The molecule has 0 atom stereocenters. The van der Waals surface area contributed by atoms with Crippen molar-refractivity contribution in [3.63, 3.8) is 0 Å². The van der Waals surface area contributed by atoms with Crippen molar-refractivity contribution in [2.75, 3.05) is 0 Å². The second-order valence-electron chi connectivity index (χ2n) is 5.67. The lowest BCUT2D eigenvalue weighted by Gasteiger charge is -2.40. The molecule has 0 radical (unpaired) electrons. The summed E-state index contributed by atoms with van der Waals surface area (Å²) in [5.41, 5.74) is 6.30. The normalized spacial score (nSPS) is 18.8. The van der Waals surface area contributed by atoms with Crippen molar-refractivity contribution in [1.29, 1.82) is 10.5 Å². The van der Waals surface area contributed by atoms with E-state index in [-0.39, 0.29) is 11.8 Å². The van der Waals surface area contributed by atoms with Crippen LogP contribution in [0, 0.1) is 46.3 Å². The molecule has 3 aliphatic carbocycles. The highest BCUT2D eigenvalue weighted by Crippen LogP contribution is 2.54. The third-order valence-electron chi connectivity index (χ3n) is 4.60. The van der Waals surface area contributed by atoms with Gasteiger partial charge in [-0.25, -0.2) is 0 Å². The summed E-state index contributed by atoms with van der Waals surface area (Å²) in [5, 5.41) is 18.3. The van der Waals surface area contributed by atoms with Gasteiger partial charge in [0.05, 0.1) is 11.6 Å². The number of nitrogens with zero attached hydrogens (tertiary/aromatic N) is 2. The number of nitriles is 2. The van der Waals surface area contributed by atoms with Gasteiger partial charge in [0.15, 0.2) is 6.07 Å². The molecular formula is C22H10N2. The lowest BCUT2D eigenvalue weighted by molar-refractivity contribution is 0.765. The third-order valence-corrected chi connectivity index (χ3v) is 4.60. The molecule has 0 aliphatic heterocycles. The Kier molecular flexibility index (Phi) is 3.18. The first-order chi connectivity index (χ1) is 11.9. The molecule has 108 valence electrons. The highest BCUT2D eigenvalue weighted by molar-refractivity contribution is 5.71. The SMILES string of the molecule is N#CC#CC#CC1=C(C#N)C2c3ccccc3C1c1ccccc12. The fraction of sp³-hybridized carbons (Fsp3) is 0.0909. The molecule has 0 heterocycles. The van der Waals surface area contributed by atoms with Gasteiger partial charge in [0.25, 0.3) is 0 Å². The Hall–Kier alpha value is -3.72. The molecule has 5 rings (SSSR count). The Labute approximate surface area is 140 Å². The number of benzene rings is 2. The zero-order valence-electron chi connectivity index (χ0n) is 12.7. The first-order valence-corrected chi connectivity index (χ1v) is 7.58. The van der Waals surface area contributed by atoms with Crippen LogP contribution in [-0.2, 0) is 0 Å². The smallest absolute Gasteiger partial charge is 0.153 e. The van der Waals surface area contributed by atoms with Crippen LogP contribution in [0.1, 0.15) is 34.1 Å². The molecule has 2 heteroatoms. The minimum absolute atomic E-state index is 0.0339. The molecule has 2 nitrogen and oxygen atoms in total. The van der Waals surface area contributed by atoms with Crippen molar-refractivity contribution in [3.8, 4) is 35.8 Å². The van der Waals surface area contributed by atoms with Crippen LogP contribution in [0.25, 0.3) is 0 Å². The first-order valence-electron chi connectivity index (χ1n) is 7.58. The number of allylic oxidation sites excluding steroid dienone is 2. The molecule has 0 saturated carbocycles. The minimum Gasteiger partial charge on any atom is -0.193 e. The second-order valence-corrected chi connectivity index (χ2v) is 5.67. The predicted molar refractivity (Wildman–Crippen MR) is 90.4 cm³/mol. The van der Waals surface area contributed by atoms with E-state index in [2.05, 4.69) is 54.0 Å². The minimum atomic E-state index is -0.0689. The van der Waals surface area contributed by atoms with E-state index in [1.807, 2.05) is 24.3 Å². The van der Waals surface area contributed by atoms with E-state index in [0.29, 0.717) is 5.57 Å². The van der Waals surface area contributed by atoms with E-state index in [1.54, 1.807) is 6.07 Å². The number of hydrogen-bond acceptors (Lipinski definition) is 2. The second kappa shape index (κ2) is 5.48. The molecule has 0 fully saturated rings. The average Bonchev–Trinajstić information content (AvgIpc) is 2.65. The van der Waals surface area contributed by atoms with Gasteiger partial charge in [0.2, 0.25) is 0 Å². The van der Waals surface area contributed by atoms with Gasteiger partial charge in [0.1, 0.15) is 0 Å². The highest BCUT2D eigenvalue weighted by Gasteiger charge is 2.42. The van der Waals surface area contributed by atoms with Crippen LogP contribution in [-0.4, -0.2) is 0 Å². The molecule has 0 spiro atoms. The Morgan fingerprint density at radius 2 is 1.12 bits per heavy atom. The van der Waals surface area contributed by atoms with Crippen LogP contribution in [0.4, 0.5) is 0 Å². The topological polar surface area (TPSA) is 47.6 Å². The molecule has 2 aromatic carbocycles. The summed E-state index contributed by atoms with van der Waals surface area (Å²) in [5.74, 6) is 10.5. The molecule has 2 aromatic rings. The maximum absolute atomic E-state index is 9.77. The zero-order valence-corrected chi connectivity index (χ0v) is 12.7. The van der Waals surface area contributed by atoms with Crippen LogP contribution in [0.3, 0.4) is 0 Å². The highest BCUT2D eigenvalue weighted by atomic mass is 14.4. The number of rotatable bonds is 0. The summed E-state index contributed by atoms with van der Waals surface area (Å²) >= 11 is 0. The lowest BCUT2D eigenvalue weighted by atomic mass is 9.61. The van der Waals surface area contributed by atoms with Crippen molar-refractivity contribution in [2.24, 2.45) is 0 Å². The number of hydrogen-bond donors (Lipinski definition) is 0. The quantitative estimate of drug-likeness (QED) is 0.698. The summed E-state index contributed by atoms with van der Waals surface area (Å²) < 4.78 is 0. The standard InChI is InChI=1S/C22H10N2/c23-13-7-1-2-8-19-20(14-24)22-17-11-5-3-9-15(17)21(19)16-10-4-6-12-18(16)22/h3-6,9-12,21-22H. The third kappa shape index (κ3) is 1.85. The van der Waals surface area contributed by atoms with Crippen LogP contribution >= 0.6 is 0 Å². The zero-order chi connectivity index (χ0) is 16.5. The van der Waals surface area contributed by atoms with Crippen LogP contribution in [0.2, 0.25) is 0 Å². The van der Waals surface area contributed by atoms with E-state index in [0.717, 1.165) is 5.57 Å². The van der Waals surface area contributed by atoms with Crippen LogP contribution in [0.5, 0.6) is 0 Å². The predicted octanol–water partition coefficient (Wildman–Crippen LogP) is 3.63. The molecule has 0 unspecified atom stereocenters. The van der Waals surface area contributed by atoms with Crippen molar-refractivity contribution >= 4 is 0 Å². The molecule has 3 aliphatic rings. The van der Waals surface area contributed by atoms with Gasteiger partial charge in [-0.1, -0.05) is 54.5 Å². The molecule has 24 heavy (non-hydrogen) atoms. The Bertz CT molecular complexity index is 1050. The van der Waals surface area contributed by atoms with Gasteiger partial charge < -0.3 is 0 Å². The van der Waals surface area contributed by atoms with E-state index in [9.17, 15) is 5.26 Å². The molecule has 0 aromatic heterocycles. The largest absolute Gasteiger partial charge is 0.193 e. The van der Waals surface area contributed by atoms with E-state index >= 15 is 0 Å². The summed E-state index contributed by atoms with van der Waals surface area (Å²) in [6.07, 6.45) is 0. The summed E-state index contributed by atoms with van der Waals surface area (Å²) in [6.45, 7) is 0. The molecule has 0 saturated heterocycles. The lowest BCUT2D eigenvalue weighted by Crippen LogP contribution is -2.27. The van der Waals surface area contributed by atoms with E-state index in [4.69, 9.17) is 5.26 Å². The van der Waals surface area contributed by atoms with Gasteiger partial charge in [-0.15, -0.1) is 0 Å². The van der Waals surface area contributed by atoms with Gasteiger partial charge >= 0.3 is 0 Å². The van der Waals surface area contributed by atoms with Gasteiger partial charge in [-0.05, 0) is 28.2 Å². The fourth-order valence-electron chi connectivity index (χ4n) is 3.76. The van der Waals surface area contributed by atoms with Crippen molar-refractivity contribution in [3.05, 3.63) is 81.9 Å². The first kappa shape index (κ1) is 13.9. The summed E-state index contributed by atoms with van der Waals surface area (Å²) in [4.78, 5) is 0. The maximum atomic E-state index is 9.77. The van der Waals surface area contributed by atoms with Crippen molar-refractivity contribution in [2.45, 2.75) is 11.8 Å². The monoisotopic (exact) mass is 302 g/mol. The fourth-order valence-corrected chi connectivity index (χ4v) is 3.76. The van der Waals surface area contributed by atoms with Crippen molar-refractivity contribution < 1.29 is 0 Å². The van der Waals surface area contributed by atoms with Gasteiger partial charge in [0, 0.05) is 29.2 Å². The summed E-state index contributed by atoms with van der Waals surface area (Å²) in [6, 6.07) is 20.6. The maximum Gasteiger partial charge on any atom is 0.153 e. The molecule has 0 amide bonds. The van der Waals surface area contributed by atoms with Crippen LogP contribution in [0.15, 0.2) is 59.7 Å². The van der Waals surface area contributed by atoms with Gasteiger partial charge in [-0.3, -0.25) is 0 Å². The van der Waals surface area contributed by atoms with E-state index in [1.165, 1.54) is 22.3 Å². The van der Waals surface area contributed by atoms with Crippen molar-refractivity contribution in [1.82, 2.24) is 0 Å². The van der Waals surface area contributed by atoms with E-state index < -0.39 is 0 Å². The molecule has 2 bridgehead atoms. The Balaban J connectivity index is 2.01.